The Morgan fingerprint density at radius 3 is 2.88 bits per heavy atom. The lowest BCUT2D eigenvalue weighted by Gasteiger charge is -2.05. The minimum atomic E-state index is -0.872. The molecule has 0 aromatic heterocycles. The van der Waals surface area contributed by atoms with E-state index in [1.54, 1.807) is 25.3 Å². The molecular weight excluding hydrogens is 206 g/mol. The number of hydrogen-bond acceptors (Lipinski definition) is 3. The largest absolute Gasteiger partial charge is 0.495 e. The topological polar surface area (TPSA) is 72.5 Å². The molecule has 0 heterocycles. The van der Waals surface area contributed by atoms with Gasteiger partial charge in [-0.15, -0.1) is 0 Å². The number of rotatable bonds is 3. The summed E-state index contributed by atoms with van der Waals surface area (Å²) in [6.45, 7) is 0.256. The van der Waals surface area contributed by atoms with Crippen molar-refractivity contribution in [2.75, 3.05) is 13.7 Å². The first-order valence-electron chi connectivity index (χ1n) is 4.75. The summed E-state index contributed by atoms with van der Waals surface area (Å²) < 4.78 is 5.11. The van der Waals surface area contributed by atoms with Gasteiger partial charge in [-0.25, -0.2) is 0 Å². The number of hydrogen-bond donors (Lipinski definition) is 2. The Hall–Kier alpha value is -1.99. The van der Waals surface area contributed by atoms with Crippen LogP contribution in [0.1, 0.15) is 11.1 Å². The van der Waals surface area contributed by atoms with Crippen molar-refractivity contribution in [2.24, 2.45) is 5.73 Å². The zero-order chi connectivity index (χ0) is 12.0. The summed E-state index contributed by atoms with van der Waals surface area (Å²) in [6.07, 6.45) is -0.0265. The first-order chi connectivity index (χ1) is 7.67. The zero-order valence-electron chi connectivity index (χ0n) is 8.99. The Balaban J connectivity index is 3.05. The number of carboxylic acids is 1. The molecule has 0 saturated carbocycles. The maximum atomic E-state index is 10.6. The third-order valence-electron chi connectivity index (χ3n) is 1.94. The molecule has 0 unspecified atom stereocenters. The standard InChI is InChI=1S/C12H13NO3/c1-16-11-5-4-9(8-12(14)15)7-10(11)3-2-6-13/h4-5,7H,6,8,13H2,1H3,(H,14,15). The van der Waals surface area contributed by atoms with Crippen LogP contribution in [0, 0.1) is 11.8 Å². The van der Waals surface area contributed by atoms with Gasteiger partial charge in [-0.1, -0.05) is 17.9 Å². The van der Waals surface area contributed by atoms with Crippen LogP contribution in [0.15, 0.2) is 18.2 Å². The summed E-state index contributed by atoms with van der Waals surface area (Å²) in [5.41, 5.74) is 6.63. The van der Waals surface area contributed by atoms with Crippen molar-refractivity contribution in [3.8, 4) is 17.6 Å². The summed E-state index contributed by atoms with van der Waals surface area (Å²) in [7, 11) is 1.54. The highest BCUT2D eigenvalue weighted by molar-refractivity contribution is 5.70. The second-order valence-corrected chi connectivity index (χ2v) is 3.11. The van der Waals surface area contributed by atoms with Crippen LogP contribution in [-0.2, 0) is 11.2 Å². The second kappa shape index (κ2) is 5.79. The summed E-state index contributed by atoms with van der Waals surface area (Å²) in [4.78, 5) is 10.6. The number of benzene rings is 1. The van der Waals surface area contributed by atoms with Gasteiger partial charge in [0.25, 0.3) is 0 Å². The third kappa shape index (κ3) is 3.30. The molecule has 0 amide bonds. The number of methoxy groups -OCH3 is 1. The average Bonchev–Trinajstić information content (AvgIpc) is 2.25. The highest BCUT2D eigenvalue weighted by Crippen LogP contribution is 2.19. The highest BCUT2D eigenvalue weighted by atomic mass is 16.5. The maximum Gasteiger partial charge on any atom is 0.307 e. The summed E-state index contributed by atoms with van der Waals surface area (Å²) in [5, 5.41) is 8.67. The highest BCUT2D eigenvalue weighted by Gasteiger charge is 2.05. The Bertz CT molecular complexity index is 443. The van der Waals surface area contributed by atoms with Crippen molar-refractivity contribution in [2.45, 2.75) is 6.42 Å². The monoisotopic (exact) mass is 219 g/mol. The number of aliphatic carboxylic acids is 1. The van der Waals surface area contributed by atoms with Gasteiger partial charge >= 0.3 is 5.97 Å². The Morgan fingerprint density at radius 2 is 2.31 bits per heavy atom. The predicted octanol–water partition coefficient (Wildman–Crippen LogP) is 0.632. The van der Waals surface area contributed by atoms with Gasteiger partial charge in [-0.05, 0) is 17.7 Å². The predicted molar refractivity (Wildman–Crippen MR) is 60.3 cm³/mol. The lowest BCUT2D eigenvalue weighted by atomic mass is 10.1. The van der Waals surface area contributed by atoms with E-state index >= 15 is 0 Å². The van der Waals surface area contributed by atoms with Gasteiger partial charge < -0.3 is 15.6 Å². The van der Waals surface area contributed by atoms with Crippen LogP contribution < -0.4 is 10.5 Å². The molecule has 16 heavy (non-hydrogen) atoms. The van der Waals surface area contributed by atoms with Crippen LogP contribution in [0.4, 0.5) is 0 Å². The van der Waals surface area contributed by atoms with Crippen LogP contribution in [-0.4, -0.2) is 24.7 Å². The Labute approximate surface area is 94.0 Å². The molecule has 1 aromatic carbocycles. The van der Waals surface area contributed by atoms with Crippen molar-refractivity contribution in [1.82, 2.24) is 0 Å². The Kier molecular flexibility index (Phi) is 4.37. The number of ether oxygens (including phenoxy) is 1. The van der Waals surface area contributed by atoms with E-state index in [2.05, 4.69) is 11.8 Å². The lowest BCUT2D eigenvalue weighted by molar-refractivity contribution is -0.136. The summed E-state index contributed by atoms with van der Waals surface area (Å²) in [6, 6.07) is 5.12. The quantitative estimate of drug-likeness (QED) is 0.731. The van der Waals surface area contributed by atoms with Gasteiger partial charge in [-0.2, -0.15) is 0 Å². The number of carboxylic acid groups (broad SMARTS) is 1. The fourth-order valence-electron chi connectivity index (χ4n) is 1.28. The van der Waals surface area contributed by atoms with E-state index in [1.807, 2.05) is 0 Å². The van der Waals surface area contributed by atoms with Gasteiger partial charge in [0, 0.05) is 0 Å². The first kappa shape index (κ1) is 12.1. The molecular formula is C12H13NO3. The zero-order valence-corrected chi connectivity index (χ0v) is 8.99. The van der Waals surface area contributed by atoms with E-state index < -0.39 is 5.97 Å². The molecule has 0 aliphatic heterocycles. The van der Waals surface area contributed by atoms with E-state index in [4.69, 9.17) is 15.6 Å². The van der Waals surface area contributed by atoms with Crippen LogP contribution in [0.2, 0.25) is 0 Å². The molecule has 0 bridgehead atoms. The van der Waals surface area contributed by atoms with Gasteiger partial charge in [-0.3, -0.25) is 4.79 Å². The van der Waals surface area contributed by atoms with Crippen molar-refractivity contribution < 1.29 is 14.6 Å². The van der Waals surface area contributed by atoms with Crippen LogP contribution in [0.3, 0.4) is 0 Å². The van der Waals surface area contributed by atoms with E-state index in [0.29, 0.717) is 16.9 Å². The molecule has 0 radical (unpaired) electrons. The minimum absolute atomic E-state index is 0.0265. The fourth-order valence-corrected chi connectivity index (χ4v) is 1.28. The molecule has 1 aromatic rings. The van der Waals surface area contributed by atoms with Gasteiger partial charge in [0.2, 0.25) is 0 Å². The third-order valence-corrected chi connectivity index (χ3v) is 1.94. The molecule has 0 spiro atoms. The Morgan fingerprint density at radius 1 is 1.56 bits per heavy atom. The molecule has 84 valence electrons. The fraction of sp³-hybridized carbons (Fsp3) is 0.250. The van der Waals surface area contributed by atoms with Crippen molar-refractivity contribution in [3.05, 3.63) is 29.3 Å². The number of carbonyl (C=O) groups is 1. The second-order valence-electron chi connectivity index (χ2n) is 3.11. The molecule has 0 aliphatic carbocycles. The first-order valence-corrected chi connectivity index (χ1v) is 4.75. The lowest BCUT2D eigenvalue weighted by Crippen LogP contribution is -2.01. The van der Waals surface area contributed by atoms with E-state index in [0.717, 1.165) is 0 Å². The van der Waals surface area contributed by atoms with E-state index in [1.165, 1.54) is 0 Å². The molecule has 0 aliphatic rings. The molecule has 4 nitrogen and oxygen atoms in total. The molecule has 1 rings (SSSR count). The van der Waals surface area contributed by atoms with Gasteiger partial charge in [0.05, 0.1) is 25.6 Å². The number of nitrogens with two attached hydrogens (primary N) is 1. The normalized spacial score (nSPS) is 9.12. The molecule has 3 N–H and O–H groups in total. The van der Waals surface area contributed by atoms with Gasteiger partial charge in [0.1, 0.15) is 5.75 Å². The van der Waals surface area contributed by atoms with Crippen molar-refractivity contribution >= 4 is 5.97 Å². The summed E-state index contributed by atoms with van der Waals surface area (Å²) in [5.74, 6) is 5.30. The molecule has 4 heteroatoms. The summed E-state index contributed by atoms with van der Waals surface area (Å²) >= 11 is 0. The smallest absolute Gasteiger partial charge is 0.307 e. The minimum Gasteiger partial charge on any atom is -0.495 e. The van der Waals surface area contributed by atoms with E-state index in [-0.39, 0.29) is 13.0 Å². The van der Waals surface area contributed by atoms with E-state index in [9.17, 15) is 4.79 Å². The van der Waals surface area contributed by atoms with Crippen molar-refractivity contribution in [3.63, 3.8) is 0 Å². The van der Waals surface area contributed by atoms with Crippen LogP contribution in [0.25, 0.3) is 0 Å². The SMILES string of the molecule is COc1ccc(CC(=O)O)cc1C#CCN. The van der Waals surface area contributed by atoms with Gasteiger partial charge in [0.15, 0.2) is 0 Å². The molecule has 0 saturated heterocycles. The van der Waals surface area contributed by atoms with Crippen LogP contribution in [0.5, 0.6) is 5.75 Å². The molecule has 0 fully saturated rings. The molecule has 0 atom stereocenters. The average molecular weight is 219 g/mol. The van der Waals surface area contributed by atoms with Crippen LogP contribution >= 0.6 is 0 Å². The van der Waals surface area contributed by atoms with Crippen molar-refractivity contribution in [1.29, 1.82) is 0 Å². The maximum absolute atomic E-state index is 10.6.